The average molecular weight is 1440 g/mol. The number of sulfone groups is 1. The second-order valence-electron chi connectivity index (χ2n) is 26.4. The molecular weight excluding hydrogens is 1370 g/mol. The number of carbonyl (C=O) groups excluding carboxylic acids is 3. The van der Waals surface area contributed by atoms with Crippen LogP contribution in [0.3, 0.4) is 0 Å². The van der Waals surface area contributed by atoms with E-state index in [1.807, 2.05) is 0 Å². The highest BCUT2D eigenvalue weighted by Gasteiger charge is 2.68. The number of carbonyl (C=O) groups is 3. The molecule has 522 valence electrons. The van der Waals surface area contributed by atoms with Crippen molar-refractivity contribution >= 4 is 73.8 Å². The van der Waals surface area contributed by atoms with Gasteiger partial charge in [-0.25, -0.2) is 35.2 Å². The van der Waals surface area contributed by atoms with E-state index in [4.69, 9.17) is 29.9 Å². The van der Waals surface area contributed by atoms with E-state index in [0.717, 1.165) is 42.7 Å². The molecule has 0 aliphatic heterocycles. The van der Waals surface area contributed by atoms with E-state index in [1.165, 1.54) is 39.8 Å². The highest BCUT2D eigenvalue weighted by Crippen LogP contribution is 2.68. The monoisotopic (exact) mass is 1440 g/mol. The number of phosphoric ester groups is 1. The molecule has 3 aromatic carbocycles. The van der Waals surface area contributed by atoms with Crippen LogP contribution in [0.1, 0.15) is 152 Å². The average Bonchev–Trinajstić information content (AvgIpc) is 1.52. The van der Waals surface area contributed by atoms with Crippen molar-refractivity contribution in [1.82, 2.24) is 29.9 Å². The van der Waals surface area contributed by atoms with E-state index in [1.54, 1.807) is 55.4 Å². The molecule has 0 radical (unpaired) electrons. The lowest BCUT2D eigenvalue weighted by molar-refractivity contribution is -0.154. The van der Waals surface area contributed by atoms with Crippen LogP contribution in [0.2, 0.25) is 5.02 Å². The number of esters is 1. The lowest BCUT2D eigenvalue weighted by atomic mass is 9.77. The molecule has 1 N–H and O–H groups in total. The molecule has 19 nitrogen and oxygen atoms in total. The van der Waals surface area contributed by atoms with Gasteiger partial charge in [0, 0.05) is 52.3 Å². The van der Waals surface area contributed by atoms with Crippen LogP contribution in [-0.4, -0.2) is 100 Å². The number of amides is 2. The molecular formula is C63H69ClF10N7O12PS2. The number of aryl methyl sites for hydroxylation is 1. The maximum Gasteiger partial charge on any atom is 0.530 e. The zero-order valence-electron chi connectivity index (χ0n) is 54.3. The largest absolute Gasteiger partial charge is 0.530 e. The van der Waals surface area contributed by atoms with Crippen molar-refractivity contribution in [3.8, 4) is 28.7 Å². The van der Waals surface area contributed by atoms with Gasteiger partial charge < -0.3 is 14.6 Å². The molecule has 0 saturated heterocycles. The summed E-state index contributed by atoms with van der Waals surface area (Å²) in [6.07, 6.45) is -13.2. The molecule has 3 heterocycles. The first-order valence-electron chi connectivity index (χ1n) is 29.7. The molecule has 0 bridgehead atoms. The van der Waals surface area contributed by atoms with Crippen LogP contribution in [0.15, 0.2) is 54.6 Å². The van der Waals surface area contributed by atoms with Gasteiger partial charge in [0.1, 0.15) is 52.2 Å². The Bertz CT molecular complexity index is 4430. The van der Waals surface area contributed by atoms with Gasteiger partial charge in [-0.15, -0.1) is 0 Å². The van der Waals surface area contributed by atoms with Crippen LogP contribution in [-0.2, 0) is 96.0 Å². The van der Waals surface area contributed by atoms with Gasteiger partial charge in [-0.3, -0.25) is 32.8 Å². The fourth-order valence-electron chi connectivity index (χ4n) is 11.4. The number of hydrogen-bond acceptors (Lipinski definition) is 15. The molecule has 0 spiro atoms. The molecule has 6 aromatic rings. The molecule has 1 fully saturated rings. The smallest absolute Gasteiger partial charge is 0.460 e. The van der Waals surface area contributed by atoms with Gasteiger partial charge in [-0.05, 0) is 147 Å². The van der Waals surface area contributed by atoms with Gasteiger partial charge in [0.15, 0.2) is 21.3 Å². The van der Waals surface area contributed by atoms with Gasteiger partial charge >= 0.3 is 26.1 Å². The highest BCUT2D eigenvalue weighted by molar-refractivity contribution is 7.93. The summed E-state index contributed by atoms with van der Waals surface area (Å²) >= 11 is 6.93. The minimum atomic E-state index is -5.27. The van der Waals surface area contributed by atoms with Crippen molar-refractivity contribution in [3.63, 3.8) is 0 Å². The van der Waals surface area contributed by atoms with E-state index in [-0.39, 0.29) is 53.8 Å². The Labute approximate surface area is 552 Å². The number of halogens is 11. The van der Waals surface area contributed by atoms with Gasteiger partial charge in [0.05, 0.1) is 52.5 Å². The van der Waals surface area contributed by atoms with Crippen molar-refractivity contribution in [1.29, 1.82) is 0 Å². The topological polar surface area (TPSA) is 237 Å². The predicted molar refractivity (Wildman–Crippen MR) is 334 cm³/mol. The summed E-state index contributed by atoms with van der Waals surface area (Å²) < 4.78 is 242. The van der Waals surface area contributed by atoms with E-state index in [2.05, 4.69) is 32.3 Å². The first-order valence-corrected chi connectivity index (χ1v) is 35.2. The number of aromatic nitrogens is 5. The summed E-state index contributed by atoms with van der Waals surface area (Å²) in [6.45, 7) is 14.5. The number of pyridine rings is 1. The lowest BCUT2D eigenvalue weighted by Gasteiger charge is -2.33. The first-order chi connectivity index (χ1) is 43.8. The van der Waals surface area contributed by atoms with E-state index < -0.39 is 204 Å². The number of rotatable bonds is 22. The third-order valence-corrected chi connectivity index (χ3v) is 20.4. The van der Waals surface area contributed by atoms with Crippen molar-refractivity contribution < 1.29 is 98.0 Å². The van der Waals surface area contributed by atoms with Crippen LogP contribution >= 0.6 is 19.4 Å². The Kier molecular flexibility index (Phi) is 20.5. The zero-order valence-corrected chi connectivity index (χ0v) is 57.6. The maximum absolute atomic E-state index is 15.9. The second-order valence-corrected chi connectivity index (χ2v) is 32.7. The minimum absolute atomic E-state index is 0.0295. The van der Waals surface area contributed by atoms with Crippen molar-refractivity contribution in [2.45, 2.75) is 180 Å². The van der Waals surface area contributed by atoms with Gasteiger partial charge in [0.25, 0.3) is 5.92 Å². The maximum atomic E-state index is 15.9. The Morgan fingerprint density at radius 3 is 2.01 bits per heavy atom. The molecule has 2 aliphatic carbocycles. The summed E-state index contributed by atoms with van der Waals surface area (Å²) in [4.78, 5) is 48.2. The van der Waals surface area contributed by atoms with Crippen LogP contribution in [0.5, 0.6) is 5.75 Å². The Hall–Kier alpha value is -7.10. The molecule has 2 aliphatic rings. The number of fused-ring (bicyclic) bond motifs is 4. The third-order valence-electron chi connectivity index (χ3n) is 15.3. The normalized spacial score (nSPS) is 16.3. The molecule has 0 unspecified atom stereocenters. The Balaban J connectivity index is 1.35. The molecule has 3 aromatic heterocycles. The predicted octanol–water partition coefficient (Wildman–Crippen LogP) is 13.5. The van der Waals surface area contributed by atoms with E-state index in [9.17, 15) is 44.2 Å². The molecule has 33 heteroatoms. The standard InChI is InChI=1S/C63H69ClF10N7O12PS2/c1-32(2)91-94(85,92-33(3)4)93-46-22-34(5)21-36(26-49(84)90-58(6,7)8)52(46)59(9,10)29-48(83)81(96(14,88)89)57-51-44(64)18-17-41(54(51)80(78-57)31-61(67,68)69)40-16-15-39(19-20-60(11,12)95(13,86)87)75-53(40)45(25-35-23-37(65)27-38(66)24-35)76-47(82)30-79-56-50(55(77-79)63(72,73)74)42-28-43(42)62(56,70)71/h15-18,21-24,27,32-33,42-43,45H,25-26,28-31H2,1-14H3,(H,76,82)/t42-,43+,45-/m0/s1. The highest BCUT2D eigenvalue weighted by atomic mass is 35.5. The summed E-state index contributed by atoms with van der Waals surface area (Å²) in [5.41, 5.74) is -8.58. The Morgan fingerprint density at radius 1 is 0.854 bits per heavy atom. The van der Waals surface area contributed by atoms with Crippen LogP contribution in [0.25, 0.3) is 22.0 Å². The Morgan fingerprint density at radius 2 is 1.46 bits per heavy atom. The number of phosphoric acid groups is 1. The van der Waals surface area contributed by atoms with E-state index in [0.29, 0.717) is 17.9 Å². The summed E-state index contributed by atoms with van der Waals surface area (Å²) in [7, 11) is -13.7. The summed E-state index contributed by atoms with van der Waals surface area (Å²) in [5, 5.41) is 8.80. The third kappa shape index (κ3) is 16.7. The van der Waals surface area contributed by atoms with Crippen LogP contribution < -0.4 is 14.1 Å². The van der Waals surface area contributed by atoms with Gasteiger partial charge in [0.2, 0.25) is 21.8 Å². The lowest BCUT2D eigenvalue weighted by Crippen LogP contribution is -2.40. The fraction of sp³-hybridized carbons (Fsp3) is 0.492. The molecule has 3 atom stereocenters. The first kappa shape index (κ1) is 74.7. The number of anilines is 1. The number of sulfonamides is 1. The minimum Gasteiger partial charge on any atom is -0.460 e. The van der Waals surface area contributed by atoms with Crippen LogP contribution in [0.4, 0.5) is 49.7 Å². The van der Waals surface area contributed by atoms with Crippen molar-refractivity contribution in [2.24, 2.45) is 5.92 Å². The SMILES string of the molecule is Cc1cc(CC(=O)OC(C)(C)C)c(C(C)(C)CC(=O)N(c2nn(CC(F)(F)F)c3c(-c4ccc(C#CC(C)(C)S(C)(=O)=O)nc4[C@H](Cc4cc(F)cc(F)c4)NC(=O)Cn4nc(C(F)(F)F)c5c4C(F)(F)[C@@H]4C[C@H]54)ccc(Cl)c23)S(C)(=O)=O)c(OP(=O)(OC(C)C)OC(C)C)c1. The number of ether oxygens (including phenoxy) is 1. The molecule has 1 saturated carbocycles. The quantitative estimate of drug-likeness (QED) is 0.0288. The molecule has 8 rings (SSSR count). The number of benzene rings is 3. The zero-order chi connectivity index (χ0) is 71.9. The summed E-state index contributed by atoms with van der Waals surface area (Å²) in [5.74, 6) is -8.73. The fourth-order valence-corrected chi connectivity index (χ4v) is 14.3. The summed E-state index contributed by atoms with van der Waals surface area (Å²) in [6, 6.07) is 7.52. The van der Waals surface area contributed by atoms with Crippen LogP contribution in [0, 0.1) is 36.3 Å². The number of hydrogen-bond donors (Lipinski definition) is 1. The number of alkyl halides is 8. The molecule has 2 amide bonds. The molecule has 96 heavy (non-hydrogen) atoms. The number of nitrogens with one attached hydrogen (secondary N) is 1. The van der Waals surface area contributed by atoms with E-state index >= 15 is 35.5 Å². The van der Waals surface area contributed by atoms with Gasteiger partial charge in [-0.1, -0.05) is 43.5 Å². The van der Waals surface area contributed by atoms with Gasteiger partial charge in [-0.2, -0.15) is 49.6 Å². The number of nitrogens with zero attached hydrogens (tertiary/aromatic N) is 6. The van der Waals surface area contributed by atoms with Crippen molar-refractivity contribution in [3.05, 3.63) is 122 Å². The second kappa shape index (κ2) is 26.3. The van der Waals surface area contributed by atoms with Crippen molar-refractivity contribution in [2.75, 3.05) is 16.8 Å².